The molecule has 2 heterocycles. The molecule has 27 heavy (non-hydrogen) atoms. The van der Waals surface area contributed by atoms with Crippen LogP contribution in [-0.4, -0.2) is 31.4 Å². The van der Waals surface area contributed by atoms with Crippen molar-refractivity contribution in [2.75, 3.05) is 0 Å². The SMILES string of the molecule is CC(C)N(Cc1ccc(F)c(-c2cncc(Cl)c2)c1)C(=O)c1cn(C)cn1. The Morgan fingerprint density at radius 2 is 2.07 bits per heavy atom. The molecule has 5 nitrogen and oxygen atoms in total. The second-order valence-electron chi connectivity index (χ2n) is 6.66. The summed E-state index contributed by atoms with van der Waals surface area (Å²) >= 11 is 5.98. The highest BCUT2D eigenvalue weighted by Gasteiger charge is 2.21. The van der Waals surface area contributed by atoms with Crippen LogP contribution in [0.1, 0.15) is 29.9 Å². The highest BCUT2D eigenvalue weighted by molar-refractivity contribution is 6.30. The van der Waals surface area contributed by atoms with Gasteiger partial charge in [-0.05, 0) is 37.6 Å². The highest BCUT2D eigenvalue weighted by Crippen LogP contribution is 2.26. The molecule has 0 atom stereocenters. The molecule has 0 unspecified atom stereocenters. The number of carbonyl (C=O) groups excluding carboxylic acids is 1. The predicted octanol–water partition coefficient (Wildman–Crippen LogP) is 4.33. The molecule has 0 aliphatic rings. The molecule has 3 rings (SSSR count). The van der Waals surface area contributed by atoms with Crippen molar-refractivity contribution in [3.63, 3.8) is 0 Å². The van der Waals surface area contributed by atoms with Crippen molar-refractivity contribution in [2.45, 2.75) is 26.4 Å². The predicted molar refractivity (Wildman–Crippen MR) is 103 cm³/mol. The summed E-state index contributed by atoms with van der Waals surface area (Å²) in [6.45, 7) is 4.21. The zero-order valence-corrected chi connectivity index (χ0v) is 16.1. The third kappa shape index (κ3) is 4.34. The van der Waals surface area contributed by atoms with Crippen LogP contribution in [0.4, 0.5) is 4.39 Å². The summed E-state index contributed by atoms with van der Waals surface area (Å²) in [5, 5.41) is 0.437. The Morgan fingerprint density at radius 3 is 2.70 bits per heavy atom. The van der Waals surface area contributed by atoms with E-state index in [1.165, 1.54) is 12.3 Å². The molecule has 2 aromatic heterocycles. The van der Waals surface area contributed by atoms with Gasteiger partial charge < -0.3 is 9.47 Å². The number of aryl methyl sites for hydroxylation is 1. The van der Waals surface area contributed by atoms with Crippen LogP contribution in [0, 0.1) is 5.82 Å². The lowest BCUT2D eigenvalue weighted by molar-refractivity contribution is 0.0684. The fourth-order valence-electron chi connectivity index (χ4n) is 2.81. The smallest absolute Gasteiger partial charge is 0.274 e. The number of amides is 1. The van der Waals surface area contributed by atoms with Gasteiger partial charge in [0.05, 0.1) is 11.3 Å². The number of pyridine rings is 1. The van der Waals surface area contributed by atoms with E-state index in [9.17, 15) is 9.18 Å². The largest absolute Gasteiger partial charge is 0.340 e. The number of benzene rings is 1. The highest BCUT2D eigenvalue weighted by atomic mass is 35.5. The topological polar surface area (TPSA) is 51.0 Å². The Morgan fingerprint density at radius 1 is 1.30 bits per heavy atom. The molecule has 1 amide bonds. The van der Waals surface area contributed by atoms with Gasteiger partial charge in [0.1, 0.15) is 11.5 Å². The number of nitrogens with zero attached hydrogens (tertiary/aromatic N) is 4. The minimum atomic E-state index is -0.366. The van der Waals surface area contributed by atoms with Crippen molar-refractivity contribution >= 4 is 17.5 Å². The summed E-state index contributed by atoms with van der Waals surface area (Å²) < 4.78 is 16.1. The molecule has 3 aromatic rings. The number of imidazole rings is 1. The molecule has 1 aromatic carbocycles. The molecular formula is C20H20ClFN4O. The molecule has 0 radical (unpaired) electrons. The molecule has 0 spiro atoms. The summed E-state index contributed by atoms with van der Waals surface area (Å²) in [5.41, 5.74) is 2.18. The van der Waals surface area contributed by atoms with Crippen LogP contribution in [0.2, 0.25) is 5.02 Å². The van der Waals surface area contributed by atoms with E-state index in [2.05, 4.69) is 9.97 Å². The molecule has 0 saturated carbocycles. The minimum Gasteiger partial charge on any atom is -0.340 e. The van der Waals surface area contributed by atoms with E-state index in [0.717, 1.165) is 5.56 Å². The van der Waals surface area contributed by atoms with Crippen LogP contribution in [0.15, 0.2) is 49.2 Å². The molecular weight excluding hydrogens is 367 g/mol. The van der Waals surface area contributed by atoms with Crippen LogP contribution in [0.25, 0.3) is 11.1 Å². The summed E-state index contributed by atoms with van der Waals surface area (Å²) in [6.07, 6.45) is 6.34. The first-order valence-corrected chi connectivity index (χ1v) is 8.91. The van der Waals surface area contributed by atoms with Crippen molar-refractivity contribution < 1.29 is 9.18 Å². The monoisotopic (exact) mass is 386 g/mol. The zero-order valence-electron chi connectivity index (χ0n) is 15.4. The van der Waals surface area contributed by atoms with E-state index in [-0.39, 0.29) is 17.8 Å². The Labute approximate surface area is 162 Å². The fraction of sp³-hybridized carbons (Fsp3) is 0.250. The average molecular weight is 387 g/mol. The summed E-state index contributed by atoms with van der Waals surface area (Å²) in [7, 11) is 1.81. The van der Waals surface area contributed by atoms with Gasteiger partial charge >= 0.3 is 0 Å². The van der Waals surface area contributed by atoms with Crippen LogP contribution in [0.5, 0.6) is 0 Å². The second-order valence-corrected chi connectivity index (χ2v) is 7.09. The van der Waals surface area contributed by atoms with Gasteiger partial charge in [0, 0.05) is 49.4 Å². The average Bonchev–Trinajstić information content (AvgIpc) is 3.06. The molecule has 0 aliphatic carbocycles. The lowest BCUT2D eigenvalue weighted by atomic mass is 10.0. The lowest BCUT2D eigenvalue weighted by Crippen LogP contribution is -2.36. The molecule has 0 bridgehead atoms. The number of aromatic nitrogens is 3. The summed E-state index contributed by atoms with van der Waals surface area (Å²) in [5.74, 6) is -0.532. The molecule has 7 heteroatoms. The first-order valence-electron chi connectivity index (χ1n) is 8.53. The van der Waals surface area contributed by atoms with Crippen molar-refractivity contribution in [1.29, 1.82) is 0 Å². The fourth-order valence-corrected chi connectivity index (χ4v) is 2.98. The van der Waals surface area contributed by atoms with Gasteiger partial charge in [0.15, 0.2) is 0 Å². The number of halogens is 2. The standard InChI is InChI=1S/C20H20ClFN4O/c1-13(2)26(20(27)19-11-25(3)12-24-19)10-14-4-5-18(22)17(6-14)15-7-16(21)9-23-8-15/h4-9,11-13H,10H2,1-3H3. The van der Waals surface area contributed by atoms with Gasteiger partial charge in [-0.3, -0.25) is 9.78 Å². The minimum absolute atomic E-state index is 0.0409. The number of rotatable bonds is 5. The van der Waals surface area contributed by atoms with Crippen LogP contribution < -0.4 is 0 Å². The van der Waals surface area contributed by atoms with Gasteiger partial charge in [-0.25, -0.2) is 9.37 Å². The van der Waals surface area contributed by atoms with Gasteiger partial charge in [-0.2, -0.15) is 0 Å². The van der Waals surface area contributed by atoms with Crippen molar-refractivity contribution in [2.24, 2.45) is 7.05 Å². The van der Waals surface area contributed by atoms with Crippen LogP contribution in [0.3, 0.4) is 0 Å². The molecule has 0 N–H and O–H groups in total. The van der Waals surface area contributed by atoms with E-state index in [0.29, 0.717) is 28.4 Å². The molecule has 0 fully saturated rings. The Kier molecular flexibility index (Phi) is 5.56. The quantitative estimate of drug-likeness (QED) is 0.656. The Hall–Kier alpha value is -2.73. The molecule has 0 aliphatic heterocycles. The van der Waals surface area contributed by atoms with Gasteiger partial charge in [-0.1, -0.05) is 17.7 Å². The van der Waals surface area contributed by atoms with Gasteiger partial charge in [0.2, 0.25) is 0 Å². The van der Waals surface area contributed by atoms with Crippen molar-refractivity contribution in [3.05, 3.63) is 71.3 Å². The maximum atomic E-state index is 14.3. The third-order valence-electron chi connectivity index (χ3n) is 4.21. The first-order chi connectivity index (χ1) is 12.8. The number of hydrogen-bond donors (Lipinski definition) is 0. The first kappa shape index (κ1) is 19.0. The summed E-state index contributed by atoms with van der Waals surface area (Å²) in [4.78, 5) is 22.7. The number of hydrogen-bond acceptors (Lipinski definition) is 3. The van der Waals surface area contributed by atoms with Crippen LogP contribution in [-0.2, 0) is 13.6 Å². The van der Waals surface area contributed by atoms with Crippen LogP contribution >= 0.6 is 11.6 Å². The van der Waals surface area contributed by atoms with E-state index < -0.39 is 0 Å². The van der Waals surface area contributed by atoms with E-state index >= 15 is 0 Å². The maximum absolute atomic E-state index is 14.3. The van der Waals surface area contributed by atoms with Crippen molar-refractivity contribution in [3.8, 4) is 11.1 Å². The Balaban J connectivity index is 1.91. The molecule has 0 saturated heterocycles. The van der Waals surface area contributed by atoms with E-state index in [1.54, 1.807) is 46.4 Å². The van der Waals surface area contributed by atoms with E-state index in [1.807, 2.05) is 20.9 Å². The lowest BCUT2D eigenvalue weighted by Gasteiger charge is -2.26. The van der Waals surface area contributed by atoms with Crippen molar-refractivity contribution in [1.82, 2.24) is 19.4 Å². The maximum Gasteiger partial charge on any atom is 0.274 e. The number of carbonyl (C=O) groups is 1. The van der Waals surface area contributed by atoms with E-state index in [4.69, 9.17) is 11.6 Å². The Bertz CT molecular complexity index is 970. The van der Waals surface area contributed by atoms with Gasteiger partial charge in [-0.15, -0.1) is 0 Å². The summed E-state index contributed by atoms with van der Waals surface area (Å²) in [6, 6.07) is 6.42. The zero-order chi connectivity index (χ0) is 19.6. The normalized spacial score (nSPS) is 11.0. The second kappa shape index (κ2) is 7.88. The van der Waals surface area contributed by atoms with Gasteiger partial charge in [0.25, 0.3) is 5.91 Å². The third-order valence-corrected chi connectivity index (χ3v) is 4.41. The molecule has 140 valence electrons.